The fourth-order valence-corrected chi connectivity index (χ4v) is 7.66. The second-order valence-corrected chi connectivity index (χ2v) is 12.5. The molecule has 0 saturated carbocycles. The fourth-order valence-electron chi connectivity index (χ4n) is 3.03. The van der Waals surface area contributed by atoms with Gasteiger partial charge in [-0.1, -0.05) is 65.8 Å². The largest absolute Gasteiger partial charge is 0.481 e. The van der Waals surface area contributed by atoms with Crippen molar-refractivity contribution in [1.29, 1.82) is 0 Å². The van der Waals surface area contributed by atoms with Gasteiger partial charge in [0.05, 0.1) is 6.42 Å². The summed E-state index contributed by atoms with van der Waals surface area (Å²) < 4.78 is 0. The number of hydrogen-bond acceptors (Lipinski definition) is 2. The van der Waals surface area contributed by atoms with Crippen LogP contribution in [-0.2, 0) is 11.2 Å². The van der Waals surface area contributed by atoms with Crippen LogP contribution >= 0.6 is 0 Å². The Morgan fingerprint density at radius 1 is 1.00 bits per heavy atom. The first-order chi connectivity index (χ1) is 8.89. The van der Waals surface area contributed by atoms with E-state index in [4.69, 9.17) is 5.11 Å². The van der Waals surface area contributed by atoms with Crippen molar-refractivity contribution in [2.24, 2.45) is 0 Å². The molecule has 1 rings (SSSR count). The van der Waals surface area contributed by atoms with E-state index < -0.39 is 14.3 Å². The number of carbonyl (C=O) groups is 1. The van der Waals surface area contributed by atoms with Gasteiger partial charge in [-0.2, -0.15) is 0 Å². The van der Waals surface area contributed by atoms with Crippen LogP contribution in [-0.4, -0.2) is 24.2 Å². The summed E-state index contributed by atoms with van der Waals surface area (Å²) in [7, 11) is -2.74. The zero-order chi connectivity index (χ0) is 15.8. The normalized spacial score (nSPS) is 13.3. The van der Waals surface area contributed by atoms with Gasteiger partial charge in [0.2, 0.25) is 8.32 Å². The highest BCUT2D eigenvalue weighted by molar-refractivity contribution is 6.90. The molecule has 0 saturated heterocycles. The molecule has 0 aliphatic heterocycles. The van der Waals surface area contributed by atoms with E-state index >= 15 is 0 Å². The predicted octanol–water partition coefficient (Wildman–Crippen LogP) is 3.06. The van der Waals surface area contributed by atoms with Crippen LogP contribution < -0.4 is 5.19 Å². The van der Waals surface area contributed by atoms with Crippen LogP contribution in [0, 0.1) is 0 Å². The van der Waals surface area contributed by atoms with Gasteiger partial charge in [-0.3, -0.25) is 4.79 Å². The average Bonchev–Trinajstić information content (AvgIpc) is 2.25. The van der Waals surface area contributed by atoms with E-state index in [2.05, 4.69) is 41.5 Å². The van der Waals surface area contributed by atoms with Crippen molar-refractivity contribution in [2.45, 2.75) is 58.0 Å². The number of rotatable bonds is 3. The molecule has 0 bridgehead atoms. The lowest BCUT2D eigenvalue weighted by Gasteiger charge is -2.47. The van der Waals surface area contributed by atoms with Crippen LogP contribution in [0.5, 0.6) is 0 Å². The number of hydrogen-bond donors (Lipinski definition) is 2. The van der Waals surface area contributed by atoms with E-state index in [-0.39, 0.29) is 16.5 Å². The van der Waals surface area contributed by atoms with Gasteiger partial charge in [-0.25, -0.2) is 0 Å². The summed E-state index contributed by atoms with van der Waals surface area (Å²) in [6, 6.07) is 7.44. The smallest absolute Gasteiger partial charge is 0.307 e. The molecule has 0 aliphatic rings. The molecule has 0 unspecified atom stereocenters. The van der Waals surface area contributed by atoms with E-state index in [0.717, 1.165) is 10.8 Å². The third kappa shape index (κ3) is 3.12. The Morgan fingerprint density at radius 3 is 1.70 bits per heavy atom. The minimum Gasteiger partial charge on any atom is -0.481 e. The summed E-state index contributed by atoms with van der Waals surface area (Å²) in [4.78, 5) is 22.2. The van der Waals surface area contributed by atoms with Gasteiger partial charge in [0, 0.05) is 0 Å². The van der Waals surface area contributed by atoms with E-state index in [1.165, 1.54) is 0 Å². The molecule has 2 N–H and O–H groups in total. The minimum atomic E-state index is -2.74. The summed E-state index contributed by atoms with van der Waals surface area (Å²) in [6.07, 6.45) is 0.0191. The van der Waals surface area contributed by atoms with Gasteiger partial charge in [-0.15, -0.1) is 0 Å². The maximum Gasteiger partial charge on any atom is 0.307 e. The molecule has 0 radical (unpaired) electrons. The standard InChI is InChI=1S/C16H26O3Si/c1-15(2,3)20(19,16(4,5)6)13-9-7-12(8-10-13)11-14(17)18/h7-10,19H,11H2,1-6H3,(H,17,18). The molecule has 0 aliphatic carbocycles. The Bertz CT molecular complexity index is 464. The molecule has 112 valence electrons. The lowest BCUT2D eigenvalue weighted by Crippen LogP contribution is -2.61. The number of carboxylic acid groups (broad SMARTS) is 1. The highest BCUT2D eigenvalue weighted by Crippen LogP contribution is 2.48. The molecule has 0 amide bonds. The van der Waals surface area contributed by atoms with Crippen molar-refractivity contribution >= 4 is 19.5 Å². The zero-order valence-corrected chi connectivity index (χ0v) is 14.3. The van der Waals surface area contributed by atoms with Gasteiger partial charge >= 0.3 is 5.97 Å². The van der Waals surface area contributed by atoms with Crippen molar-refractivity contribution < 1.29 is 14.7 Å². The molecule has 0 spiro atoms. The molecular weight excluding hydrogens is 268 g/mol. The molecule has 3 nitrogen and oxygen atoms in total. The van der Waals surface area contributed by atoms with Crippen molar-refractivity contribution in [2.75, 3.05) is 0 Å². The quantitative estimate of drug-likeness (QED) is 0.842. The van der Waals surface area contributed by atoms with Gasteiger partial charge in [0.25, 0.3) is 0 Å². The second-order valence-electron chi connectivity index (χ2n) is 7.48. The van der Waals surface area contributed by atoms with Crippen LogP contribution in [0.1, 0.15) is 47.1 Å². The summed E-state index contributed by atoms with van der Waals surface area (Å²) in [5, 5.41) is 9.39. The molecule has 4 heteroatoms. The third-order valence-electron chi connectivity index (χ3n) is 3.90. The van der Waals surface area contributed by atoms with E-state index in [1.54, 1.807) is 0 Å². The SMILES string of the molecule is CC(C)(C)[Si](O)(c1ccc(CC(=O)O)cc1)C(C)(C)C. The van der Waals surface area contributed by atoms with E-state index in [0.29, 0.717) is 0 Å². The Balaban J connectivity index is 3.27. The molecule has 0 heterocycles. The van der Waals surface area contributed by atoms with Gasteiger partial charge in [0.15, 0.2) is 0 Å². The summed E-state index contributed by atoms with van der Waals surface area (Å²) in [5.41, 5.74) is 0.764. The Labute approximate surface area is 122 Å². The van der Waals surface area contributed by atoms with Crippen molar-refractivity contribution in [3.63, 3.8) is 0 Å². The first-order valence-corrected chi connectivity index (χ1v) is 8.88. The fraction of sp³-hybridized carbons (Fsp3) is 0.562. The maximum atomic E-state index is 11.5. The van der Waals surface area contributed by atoms with Crippen LogP contribution in [0.3, 0.4) is 0 Å². The van der Waals surface area contributed by atoms with Crippen molar-refractivity contribution in [3.05, 3.63) is 29.8 Å². The molecule has 20 heavy (non-hydrogen) atoms. The third-order valence-corrected chi connectivity index (χ3v) is 9.41. The lowest BCUT2D eigenvalue weighted by atomic mass is 10.1. The van der Waals surface area contributed by atoms with Crippen LogP contribution in [0.15, 0.2) is 24.3 Å². The maximum absolute atomic E-state index is 11.5. The summed E-state index contributed by atoms with van der Waals surface area (Å²) in [6.45, 7) is 12.5. The zero-order valence-electron chi connectivity index (χ0n) is 13.3. The molecule has 1 aromatic carbocycles. The molecule has 0 fully saturated rings. The van der Waals surface area contributed by atoms with Gasteiger partial charge in [-0.05, 0) is 20.8 Å². The average molecular weight is 294 g/mol. The highest BCUT2D eigenvalue weighted by Gasteiger charge is 2.53. The van der Waals surface area contributed by atoms with Gasteiger partial charge < -0.3 is 9.90 Å². The van der Waals surface area contributed by atoms with Crippen LogP contribution in [0.4, 0.5) is 0 Å². The second kappa shape index (κ2) is 5.33. The van der Waals surface area contributed by atoms with Gasteiger partial charge in [0.1, 0.15) is 0 Å². The molecule has 0 atom stereocenters. The number of carboxylic acids is 1. The molecular formula is C16H26O3Si. The monoisotopic (exact) mass is 294 g/mol. The van der Waals surface area contributed by atoms with E-state index in [1.807, 2.05) is 24.3 Å². The first-order valence-electron chi connectivity index (χ1n) is 6.93. The minimum absolute atomic E-state index is 0.0191. The lowest BCUT2D eigenvalue weighted by molar-refractivity contribution is -0.136. The number of aliphatic carboxylic acids is 1. The van der Waals surface area contributed by atoms with Crippen molar-refractivity contribution in [3.8, 4) is 0 Å². The Hall–Kier alpha value is -1.13. The summed E-state index contributed by atoms with van der Waals surface area (Å²) in [5.74, 6) is -0.836. The Kier molecular flexibility index (Phi) is 4.51. The topological polar surface area (TPSA) is 57.5 Å². The summed E-state index contributed by atoms with van der Waals surface area (Å²) >= 11 is 0. The van der Waals surface area contributed by atoms with E-state index in [9.17, 15) is 9.59 Å². The molecule has 1 aromatic rings. The number of benzene rings is 1. The van der Waals surface area contributed by atoms with Crippen LogP contribution in [0.25, 0.3) is 0 Å². The highest BCUT2D eigenvalue weighted by atomic mass is 28.4. The first kappa shape index (κ1) is 16.9. The van der Waals surface area contributed by atoms with Crippen LogP contribution in [0.2, 0.25) is 10.1 Å². The predicted molar refractivity (Wildman–Crippen MR) is 84.8 cm³/mol. The van der Waals surface area contributed by atoms with Crippen molar-refractivity contribution in [1.82, 2.24) is 0 Å². The molecule has 0 aromatic heterocycles. The Morgan fingerprint density at radius 2 is 1.40 bits per heavy atom.